The third-order valence-corrected chi connectivity index (χ3v) is 4.09. The summed E-state index contributed by atoms with van der Waals surface area (Å²) in [6.45, 7) is 1.03. The first kappa shape index (κ1) is 16.8. The van der Waals surface area contributed by atoms with Gasteiger partial charge in [-0.05, 0) is 59.5 Å². The summed E-state index contributed by atoms with van der Waals surface area (Å²) in [4.78, 5) is 14.1. The summed E-state index contributed by atoms with van der Waals surface area (Å²) in [5.41, 5.74) is 1.96. The van der Waals surface area contributed by atoms with E-state index in [1.807, 2.05) is 60.5 Å². The highest BCUT2D eigenvalue weighted by Gasteiger charge is 2.09. The first-order valence-electron chi connectivity index (χ1n) is 6.94. The van der Waals surface area contributed by atoms with E-state index in [4.69, 9.17) is 4.74 Å². The lowest BCUT2D eigenvalue weighted by Gasteiger charge is -2.17. The Bertz CT molecular complexity index is 646. The minimum atomic E-state index is -0.0190. The number of hydrogen-bond donors (Lipinski definition) is 1. The number of likely N-dealkylation sites (N-methyl/N-ethyl adjacent to an activating group) is 1. The maximum absolute atomic E-state index is 12.1. The van der Waals surface area contributed by atoms with Crippen LogP contribution in [0, 0.1) is 3.57 Å². The van der Waals surface area contributed by atoms with Crippen molar-refractivity contribution in [3.63, 3.8) is 0 Å². The summed E-state index contributed by atoms with van der Waals surface area (Å²) in [5.74, 6) is 0.809. The number of rotatable bonds is 6. The van der Waals surface area contributed by atoms with Gasteiger partial charge in [0.1, 0.15) is 5.75 Å². The number of carbonyl (C=O) groups is 1. The van der Waals surface area contributed by atoms with Gasteiger partial charge >= 0.3 is 0 Å². The number of halogens is 1. The van der Waals surface area contributed by atoms with E-state index in [9.17, 15) is 4.79 Å². The van der Waals surface area contributed by atoms with Crippen molar-refractivity contribution in [3.8, 4) is 5.75 Å². The van der Waals surface area contributed by atoms with Crippen LogP contribution in [0.3, 0.4) is 0 Å². The lowest BCUT2D eigenvalue weighted by molar-refractivity contribution is -0.117. The normalized spacial score (nSPS) is 10.5. The molecule has 0 atom stereocenters. The van der Waals surface area contributed by atoms with Gasteiger partial charge in [-0.2, -0.15) is 0 Å². The van der Waals surface area contributed by atoms with Gasteiger partial charge in [0.25, 0.3) is 0 Å². The van der Waals surface area contributed by atoms with Crippen LogP contribution in [-0.2, 0) is 11.3 Å². The van der Waals surface area contributed by atoms with Crippen LogP contribution in [0.25, 0.3) is 0 Å². The maximum atomic E-state index is 12.1. The van der Waals surface area contributed by atoms with Crippen LogP contribution in [0.4, 0.5) is 5.69 Å². The fourth-order valence-electron chi connectivity index (χ4n) is 2.14. The van der Waals surface area contributed by atoms with Crippen LogP contribution < -0.4 is 10.1 Å². The van der Waals surface area contributed by atoms with Gasteiger partial charge in [-0.25, -0.2) is 0 Å². The van der Waals surface area contributed by atoms with Gasteiger partial charge in [-0.1, -0.05) is 24.3 Å². The van der Waals surface area contributed by atoms with Crippen molar-refractivity contribution in [3.05, 3.63) is 57.7 Å². The van der Waals surface area contributed by atoms with E-state index in [1.165, 1.54) is 0 Å². The van der Waals surface area contributed by atoms with E-state index in [2.05, 4.69) is 27.9 Å². The summed E-state index contributed by atoms with van der Waals surface area (Å²) >= 11 is 2.21. The number of anilines is 1. The van der Waals surface area contributed by atoms with Crippen molar-refractivity contribution >= 4 is 34.2 Å². The Morgan fingerprint density at radius 2 is 2.00 bits per heavy atom. The van der Waals surface area contributed by atoms with E-state index in [0.717, 1.165) is 20.6 Å². The van der Waals surface area contributed by atoms with Crippen LogP contribution >= 0.6 is 22.6 Å². The topological polar surface area (TPSA) is 41.6 Å². The molecule has 2 aromatic rings. The molecule has 4 nitrogen and oxygen atoms in total. The fraction of sp³-hybridized carbons (Fsp3) is 0.235. The number of benzene rings is 2. The number of nitrogens with zero attached hydrogens (tertiary/aromatic N) is 1. The van der Waals surface area contributed by atoms with Crippen LogP contribution in [0.15, 0.2) is 48.5 Å². The van der Waals surface area contributed by atoms with E-state index in [0.29, 0.717) is 13.1 Å². The molecule has 2 aromatic carbocycles. The summed E-state index contributed by atoms with van der Waals surface area (Å²) in [6, 6.07) is 15.6. The van der Waals surface area contributed by atoms with Crippen molar-refractivity contribution in [2.24, 2.45) is 0 Å². The standard InChI is InChI=1S/C17H19IN2O2/c1-20(11-13-6-5-7-14(10-13)22-2)12-17(21)19-16-9-4-3-8-15(16)18/h3-10H,11-12H2,1-2H3,(H,19,21). The second-order valence-electron chi connectivity index (χ2n) is 5.05. The average Bonchev–Trinajstić information content (AvgIpc) is 2.49. The monoisotopic (exact) mass is 410 g/mol. The molecule has 0 radical (unpaired) electrons. The Morgan fingerprint density at radius 3 is 2.73 bits per heavy atom. The highest BCUT2D eigenvalue weighted by Crippen LogP contribution is 2.17. The Balaban J connectivity index is 1.89. The van der Waals surface area contributed by atoms with Crippen molar-refractivity contribution in [2.75, 3.05) is 26.0 Å². The molecule has 0 unspecified atom stereocenters. The molecule has 0 bridgehead atoms. The van der Waals surface area contributed by atoms with Gasteiger partial charge < -0.3 is 10.1 Å². The van der Waals surface area contributed by atoms with Gasteiger partial charge in [0, 0.05) is 10.1 Å². The van der Waals surface area contributed by atoms with Gasteiger partial charge in [0.15, 0.2) is 0 Å². The molecule has 1 N–H and O–H groups in total. The van der Waals surface area contributed by atoms with E-state index >= 15 is 0 Å². The summed E-state index contributed by atoms with van der Waals surface area (Å²) in [6.07, 6.45) is 0. The number of ether oxygens (including phenoxy) is 1. The summed E-state index contributed by atoms with van der Waals surface area (Å²) < 4.78 is 6.24. The highest BCUT2D eigenvalue weighted by atomic mass is 127. The molecule has 0 fully saturated rings. The average molecular weight is 410 g/mol. The highest BCUT2D eigenvalue weighted by molar-refractivity contribution is 14.1. The molecule has 116 valence electrons. The fourth-order valence-corrected chi connectivity index (χ4v) is 2.66. The third-order valence-electron chi connectivity index (χ3n) is 3.15. The van der Waals surface area contributed by atoms with Gasteiger partial charge in [0.2, 0.25) is 5.91 Å². The van der Waals surface area contributed by atoms with E-state index in [1.54, 1.807) is 7.11 Å². The van der Waals surface area contributed by atoms with Crippen LogP contribution in [0.2, 0.25) is 0 Å². The SMILES string of the molecule is COc1cccc(CN(C)CC(=O)Nc2ccccc2I)c1. The molecule has 1 amide bonds. The van der Waals surface area contributed by atoms with Crippen molar-refractivity contribution < 1.29 is 9.53 Å². The number of hydrogen-bond acceptors (Lipinski definition) is 3. The molecule has 2 rings (SSSR count). The molecule has 0 heterocycles. The molecule has 5 heteroatoms. The number of methoxy groups -OCH3 is 1. The quantitative estimate of drug-likeness (QED) is 0.743. The molecular formula is C17H19IN2O2. The van der Waals surface area contributed by atoms with Crippen molar-refractivity contribution in [2.45, 2.75) is 6.54 Å². The lowest BCUT2D eigenvalue weighted by atomic mass is 10.2. The van der Waals surface area contributed by atoms with Crippen molar-refractivity contribution in [1.29, 1.82) is 0 Å². The Hall–Kier alpha value is -1.60. The maximum Gasteiger partial charge on any atom is 0.238 e. The van der Waals surface area contributed by atoms with E-state index in [-0.39, 0.29) is 5.91 Å². The zero-order chi connectivity index (χ0) is 15.9. The Labute approximate surface area is 144 Å². The molecule has 0 aliphatic heterocycles. The molecule has 0 saturated heterocycles. The molecular weight excluding hydrogens is 391 g/mol. The minimum absolute atomic E-state index is 0.0190. The zero-order valence-corrected chi connectivity index (χ0v) is 14.8. The second-order valence-corrected chi connectivity index (χ2v) is 6.21. The molecule has 0 saturated carbocycles. The number of carbonyl (C=O) groups excluding carboxylic acids is 1. The third kappa shape index (κ3) is 4.99. The molecule has 0 aliphatic rings. The van der Waals surface area contributed by atoms with Crippen molar-refractivity contribution in [1.82, 2.24) is 4.90 Å². The lowest BCUT2D eigenvalue weighted by Crippen LogP contribution is -2.30. The largest absolute Gasteiger partial charge is 0.497 e. The minimum Gasteiger partial charge on any atom is -0.497 e. The van der Waals surface area contributed by atoms with E-state index < -0.39 is 0 Å². The van der Waals surface area contributed by atoms with Crippen LogP contribution in [0.1, 0.15) is 5.56 Å². The molecule has 0 spiro atoms. The number of amides is 1. The summed E-state index contributed by atoms with van der Waals surface area (Å²) in [5, 5.41) is 2.94. The summed E-state index contributed by atoms with van der Waals surface area (Å²) in [7, 11) is 3.58. The van der Waals surface area contributed by atoms with Crippen LogP contribution in [0.5, 0.6) is 5.75 Å². The molecule has 0 aromatic heterocycles. The predicted molar refractivity (Wildman–Crippen MR) is 97.1 cm³/mol. The first-order valence-corrected chi connectivity index (χ1v) is 8.02. The molecule has 0 aliphatic carbocycles. The first-order chi connectivity index (χ1) is 10.6. The smallest absolute Gasteiger partial charge is 0.238 e. The molecule has 22 heavy (non-hydrogen) atoms. The predicted octanol–water partition coefficient (Wildman–Crippen LogP) is 3.37. The number of para-hydroxylation sites is 1. The van der Waals surface area contributed by atoms with Gasteiger partial charge in [0.05, 0.1) is 19.3 Å². The van der Waals surface area contributed by atoms with Gasteiger partial charge in [-0.3, -0.25) is 9.69 Å². The second kappa shape index (κ2) is 8.14. The zero-order valence-electron chi connectivity index (χ0n) is 12.7. The Kier molecular flexibility index (Phi) is 6.21. The number of nitrogens with one attached hydrogen (secondary N) is 1. The Morgan fingerprint density at radius 1 is 1.23 bits per heavy atom. The van der Waals surface area contributed by atoms with Crippen LogP contribution in [-0.4, -0.2) is 31.5 Å². The van der Waals surface area contributed by atoms with Gasteiger partial charge in [-0.15, -0.1) is 0 Å².